The van der Waals surface area contributed by atoms with Crippen LogP contribution >= 0.6 is 0 Å². The van der Waals surface area contributed by atoms with E-state index in [2.05, 4.69) is 53.3 Å². The van der Waals surface area contributed by atoms with Gasteiger partial charge >= 0.3 is 0 Å². The van der Waals surface area contributed by atoms with E-state index in [0.29, 0.717) is 0 Å². The van der Waals surface area contributed by atoms with Gasteiger partial charge in [-0.3, -0.25) is 9.88 Å². The van der Waals surface area contributed by atoms with Crippen molar-refractivity contribution in [2.75, 3.05) is 13.6 Å². The fourth-order valence-corrected chi connectivity index (χ4v) is 3.31. The van der Waals surface area contributed by atoms with Gasteiger partial charge in [-0.15, -0.1) is 0 Å². The van der Waals surface area contributed by atoms with Gasteiger partial charge in [-0.1, -0.05) is 42.0 Å². The molecule has 0 bridgehead atoms. The Morgan fingerprint density at radius 2 is 1.77 bits per heavy atom. The Kier molecular flexibility index (Phi) is 5.02. The second-order valence-electron chi connectivity index (χ2n) is 6.19. The molecule has 1 aliphatic rings. The number of pyridine rings is 1. The summed E-state index contributed by atoms with van der Waals surface area (Å²) in [4.78, 5) is 6.72. The van der Waals surface area contributed by atoms with E-state index in [4.69, 9.17) is 0 Å². The molecule has 2 nitrogen and oxygen atoms in total. The minimum absolute atomic E-state index is 1.00. The second kappa shape index (κ2) is 7.37. The molecule has 0 fully saturated rings. The molecule has 0 amide bonds. The Bertz CT molecular complexity index is 617. The van der Waals surface area contributed by atoms with Crippen LogP contribution in [0.25, 0.3) is 5.57 Å². The lowest BCUT2D eigenvalue weighted by molar-refractivity contribution is 0.349. The minimum Gasteiger partial charge on any atom is -0.298 e. The second-order valence-corrected chi connectivity index (χ2v) is 6.19. The molecule has 0 unspecified atom stereocenters. The summed E-state index contributed by atoms with van der Waals surface area (Å²) in [5.74, 6) is 0. The largest absolute Gasteiger partial charge is 0.298 e. The average Bonchev–Trinajstić information content (AvgIpc) is 2.57. The molecule has 1 aromatic heterocycles. The van der Waals surface area contributed by atoms with Crippen LogP contribution in [-0.2, 0) is 6.54 Å². The molecule has 1 heterocycles. The van der Waals surface area contributed by atoms with Crippen LogP contribution in [0.1, 0.15) is 36.8 Å². The number of nitrogens with zero attached hydrogens (tertiary/aromatic N) is 2. The monoisotopic (exact) mass is 292 g/mol. The van der Waals surface area contributed by atoms with Gasteiger partial charge in [0.15, 0.2) is 0 Å². The molecular formula is C20H24N2. The van der Waals surface area contributed by atoms with E-state index in [0.717, 1.165) is 13.1 Å². The van der Waals surface area contributed by atoms with Gasteiger partial charge in [-0.05, 0) is 55.5 Å². The van der Waals surface area contributed by atoms with Crippen molar-refractivity contribution in [3.05, 3.63) is 71.6 Å². The molecule has 0 aliphatic heterocycles. The van der Waals surface area contributed by atoms with Crippen LogP contribution in [0, 0.1) is 0 Å². The van der Waals surface area contributed by atoms with Crippen LogP contribution < -0.4 is 0 Å². The van der Waals surface area contributed by atoms with Crippen molar-refractivity contribution in [1.82, 2.24) is 9.88 Å². The highest BCUT2D eigenvalue weighted by Gasteiger charge is 2.16. The molecule has 2 heteroatoms. The number of hydrogen-bond acceptors (Lipinski definition) is 2. The Balaban J connectivity index is 1.74. The molecule has 114 valence electrons. The molecule has 1 aliphatic carbocycles. The van der Waals surface area contributed by atoms with Crippen LogP contribution in [0.2, 0.25) is 0 Å². The third kappa shape index (κ3) is 3.83. The standard InChI is InChI=1S/C20H24N2/c1-22(15-17-8-3-2-4-9-17)16-19-10-5-6-12-20(19)18-11-7-13-21-14-18/h2-4,7-9,11,13-14H,5-6,10,12,15-16H2,1H3. The number of rotatable bonds is 5. The number of benzene rings is 1. The van der Waals surface area contributed by atoms with Gasteiger partial charge < -0.3 is 0 Å². The fourth-order valence-electron chi connectivity index (χ4n) is 3.31. The number of aromatic nitrogens is 1. The van der Waals surface area contributed by atoms with E-state index in [1.54, 1.807) is 5.57 Å². The lowest BCUT2D eigenvalue weighted by Gasteiger charge is -2.25. The van der Waals surface area contributed by atoms with Crippen molar-refractivity contribution in [1.29, 1.82) is 0 Å². The van der Waals surface area contributed by atoms with Crippen molar-refractivity contribution in [3.63, 3.8) is 0 Å². The van der Waals surface area contributed by atoms with Crippen LogP contribution in [0.3, 0.4) is 0 Å². The third-order valence-corrected chi connectivity index (χ3v) is 4.35. The van der Waals surface area contributed by atoms with E-state index >= 15 is 0 Å². The van der Waals surface area contributed by atoms with Crippen molar-refractivity contribution in [2.24, 2.45) is 0 Å². The Labute approximate surface area is 133 Å². The van der Waals surface area contributed by atoms with E-state index in [1.165, 1.54) is 42.4 Å². The molecule has 0 spiro atoms. The molecular weight excluding hydrogens is 268 g/mol. The number of hydrogen-bond donors (Lipinski definition) is 0. The summed E-state index contributed by atoms with van der Waals surface area (Å²) in [6.07, 6.45) is 8.91. The van der Waals surface area contributed by atoms with Crippen LogP contribution in [0.5, 0.6) is 0 Å². The maximum atomic E-state index is 4.29. The molecule has 3 rings (SSSR count). The quantitative estimate of drug-likeness (QED) is 0.804. The SMILES string of the molecule is CN(CC1=C(c2cccnc2)CCCC1)Cc1ccccc1. The normalized spacial score (nSPS) is 15.4. The Morgan fingerprint density at radius 1 is 0.955 bits per heavy atom. The topological polar surface area (TPSA) is 16.1 Å². The summed E-state index contributed by atoms with van der Waals surface area (Å²) < 4.78 is 0. The molecule has 0 N–H and O–H groups in total. The summed E-state index contributed by atoms with van der Waals surface area (Å²) in [5.41, 5.74) is 5.81. The molecule has 0 radical (unpaired) electrons. The first-order valence-corrected chi connectivity index (χ1v) is 8.16. The van der Waals surface area contributed by atoms with Gasteiger partial charge in [-0.2, -0.15) is 0 Å². The minimum atomic E-state index is 1.00. The summed E-state index contributed by atoms with van der Waals surface area (Å²) in [7, 11) is 2.22. The number of allylic oxidation sites excluding steroid dienone is 1. The summed E-state index contributed by atoms with van der Waals surface area (Å²) >= 11 is 0. The van der Waals surface area contributed by atoms with Crippen LogP contribution in [0.15, 0.2) is 60.4 Å². The zero-order valence-electron chi connectivity index (χ0n) is 13.3. The van der Waals surface area contributed by atoms with E-state index in [1.807, 2.05) is 18.5 Å². The highest BCUT2D eigenvalue weighted by Crippen LogP contribution is 2.32. The van der Waals surface area contributed by atoms with Crippen molar-refractivity contribution in [2.45, 2.75) is 32.2 Å². The number of likely N-dealkylation sites (N-methyl/N-ethyl adjacent to an activating group) is 1. The predicted molar refractivity (Wildman–Crippen MR) is 92.4 cm³/mol. The van der Waals surface area contributed by atoms with E-state index in [9.17, 15) is 0 Å². The molecule has 1 aromatic carbocycles. The summed E-state index contributed by atoms with van der Waals surface area (Å²) in [6.45, 7) is 2.06. The van der Waals surface area contributed by atoms with Gasteiger partial charge in [-0.25, -0.2) is 0 Å². The molecule has 0 saturated heterocycles. The zero-order chi connectivity index (χ0) is 15.2. The molecule has 22 heavy (non-hydrogen) atoms. The maximum absolute atomic E-state index is 4.29. The summed E-state index contributed by atoms with van der Waals surface area (Å²) in [5, 5.41) is 0. The highest BCUT2D eigenvalue weighted by atomic mass is 15.1. The first kappa shape index (κ1) is 15.0. The fraction of sp³-hybridized carbons (Fsp3) is 0.350. The predicted octanol–water partition coefficient (Wildman–Crippen LogP) is 4.54. The first-order chi connectivity index (χ1) is 10.8. The zero-order valence-corrected chi connectivity index (χ0v) is 13.3. The van der Waals surface area contributed by atoms with E-state index < -0.39 is 0 Å². The third-order valence-electron chi connectivity index (χ3n) is 4.35. The first-order valence-electron chi connectivity index (χ1n) is 8.16. The summed E-state index contributed by atoms with van der Waals surface area (Å²) in [6, 6.07) is 15.0. The Morgan fingerprint density at radius 3 is 2.55 bits per heavy atom. The van der Waals surface area contributed by atoms with Crippen molar-refractivity contribution < 1.29 is 0 Å². The lowest BCUT2D eigenvalue weighted by atomic mass is 9.87. The van der Waals surface area contributed by atoms with Gasteiger partial charge in [0.1, 0.15) is 0 Å². The van der Waals surface area contributed by atoms with Gasteiger partial charge in [0.2, 0.25) is 0 Å². The lowest BCUT2D eigenvalue weighted by Crippen LogP contribution is -2.22. The van der Waals surface area contributed by atoms with Crippen molar-refractivity contribution >= 4 is 5.57 Å². The van der Waals surface area contributed by atoms with E-state index in [-0.39, 0.29) is 0 Å². The van der Waals surface area contributed by atoms with Gasteiger partial charge in [0, 0.05) is 25.5 Å². The molecule has 2 aromatic rings. The average molecular weight is 292 g/mol. The smallest absolute Gasteiger partial charge is 0.0343 e. The van der Waals surface area contributed by atoms with Crippen LogP contribution in [-0.4, -0.2) is 23.5 Å². The van der Waals surface area contributed by atoms with Crippen LogP contribution in [0.4, 0.5) is 0 Å². The molecule has 0 atom stereocenters. The van der Waals surface area contributed by atoms with Gasteiger partial charge in [0.25, 0.3) is 0 Å². The molecule has 0 saturated carbocycles. The Hall–Kier alpha value is -1.93. The maximum Gasteiger partial charge on any atom is 0.0343 e. The highest BCUT2D eigenvalue weighted by molar-refractivity contribution is 5.69. The van der Waals surface area contributed by atoms with Crippen molar-refractivity contribution in [3.8, 4) is 0 Å². The van der Waals surface area contributed by atoms with Gasteiger partial charge in [0.05, 0.1) is 0 Å².